The molecule has 0 fully saturated rings. The van der Waals surface area contributed by atoms with Crippen molar-refractivity contribution in [3.8, 4) is 0 Å². The molecule has 1 aliphatic rings. The lowest BCUT2D eigenvalue weighted by molar-refractivity contribution is -0.117. The smallest absolute Gasteiger partial charge is 0.165 e. The van der Waals surface area contributed by atoms with Gasteiger partial charge in [0.1, 0.15) is 0 Å². The molecule has 0 aliphatic heterocycles. The summed E-state index contributed by atoms with van der Waals surface area (Å²) < 4.78 is 0. The predicted molar refractivity (Wildman–Crippen MR) is 52.7 cm³/mol. The van der Waals surface area contributed by atoms with Crippen molar-refractivity contribution in [3.05, 3.63) is 47.5 Å². The maximum absolute atomic E-state index is 11.6. The lowest BCUT2D eigenvalue weighted by atomic mass is 9.74. The number of benzene rings is 1. The highest BCUT2D eigenvalue weighted by Crippen LogP contribution is 2.36. The van der Waals surface area contributed by atoms with Gasteiger partial charge in [-0.25, -0.2) is 0 Å². The number of allylic oxidation sites excluding steroid dienone is 1. The van der Waals surface area contributed by atoms with Gasteiger partial charge in [0.2, 0.25) is 0 Å². The number of carbonyl (C=O) groups is 1. The largest absolute Gasteiger partial charge is 0.294 e. The fraction of sp³-hybridized carbons (Fsp3) is 0.250. The summed E-state index contributed by atoms with van der Waals surface area (Å²) in [6.45, 7) is 5.46. The van der Waals surface area contributed by atoms with Gasteiger partial charge in [0, 0.05) is 0 Å². The van der Waals surface area contributed by atoms with Crippen molar-refractivity contribution < 1.29 is 4.79 Å². The van der Waals surface area contributed by atoms with Crippen LogP contribution in [0, 0.1) is 0 Å². The molecule has 0 N–H and O–H groups in total. The van der Waals surface area contributed by atoms with E-state index in [1.807, 2.05) is 18.2 Å². The van der Waals surface area contributed by atoms with Gasteiger partial charge in [0.25, 0.3) is 0 Å². The van der Waals surface area contributed by atoms with Gasteiger partial charge in [-0.05, 0) is 30.0 Å². The number of ketones is 1. The van der Waals surface area contributed by atoms with Crippen LogP contribution in [0.5, 0.6) is 0 Å². The first-order valence-electron chi connectivity index (χ1n) is 4.47. The first-order chi connectivity index (χ1) is 6.20. The molecule has 0 spiro atoms. The quantitative estimate of drug-likeness (QED) is 0.626. The van der Waals surface area contributed by atoms with Crippen LogP contribution in [-0.2, 0) is 11.2 Å². The van der Waals surface area contributed by atoms with Gasteiger partial charge >= 0.3 is 0 Å². The van der Waals surface area contributed by atoms with E-state index in [0.29, 0.717) is 5.57 Å². The van der Waals surface area contributed by atoms with Crippen LogP contribution in [0.2, 0.25) is 0 Å². The average molecular weight is 172 g/mol. The van der Waals surface area contributed by atoms with E-state index in [2.05, 4.69) is 12.6 Å². The monoisotopic (exact) mass is 172 g/mol. The first kappa shape index (κ1) is 8.24. The second-order valence-electron chi connectivity index (χ2n) is 3.60. The number of carbonyl (C=O) groups excluding carboxylic acids is 1. The maximum Gasteiger partial charge on any atom is 0.165 e. The third-order valence-corrected chi connectivity index (χ3v) is 2.59. The number of Topliss-reactive ketones (excluding diaryl/α,β-unsaturated/α-hetero) is 1. The lowest BCUT2D eigenvalue weighted by Crippen LogP contribution is -2.25. The zero-order valence-electron chi connectivity index (χ0n) is 7.71. The van der Waals surface area contributed by atoms with E-state index in [1.54, 1.807) is 6.92 Å². The average Bonchev–Trinajstić information content (AvgIpc) is 2.06. The van der Waals surface area contributed by atoms with Crippen LogP contribution in [0.3, 0.4) is 0 Å². The van der Waals surface area contributed by atoms with Crippen LogP contribution in [0.4, 0.5) is 0 Å². The molecule has 0 aromatic heterocycles. The van der Waals surface area contributed by atoms with Crippen LogP contribution in [0.25, 0.3) is 0 Å². The van der Waals surface area contributed by atoms with E-state index in [9.17, 15) is 4.79 Å². The molecule has 0 amide bonds. The molecule has 66 valence electrons. The van der Waals surface area contributed by atoms with E-state index < -0.39 is 0 Å². The summed E-state index contributed by atoms with van der Waals surface area (Å²) >= 11 is 0. The van der Waals surface area contributed by atoms with Gasteiger partial charge in [-0.1, -0.05) is 30.8 Å². The van der Waals surface area contributed by atoms with Crippen molar-refractivity contribution in [3.63, 3.8) is 0 Å². The zero-order valence-corrected chi connectivity index (χ0v) is 7.71. The molecule has 1 aromatic rings. The minimum absolute atomic E-state index is 0.0914. The lowest BCUT2D eigenvalue weighted by Gasteiger charge is -2.28. The van der Waals surface area contributed by atoms with Gasteiger partial charge in [-0.2, -0.15) is 0 Å². The Labute approximate surface area is 78.1 Å². The van der Waals surface area contributed by atoms with E-state index >= 15 is 0 Å². The van der Waals surface area contributed by atoms with E-state index in [-0.39, 0.29) is 11.7 Å². The minimum Gasteiger partial charge on any atom is -0.294 e. The molecule has 1 heteroatoms. The standard InChI is InChI=1S/C12H12O/c1-8(2)12(13)11-7-9-5-3-4-6-10(9)11/h3-6,11H,1,7H2,2H3. The van der Waals surface area contributed by atoms with Crippen molar-refractivity contribution in [1.82, 2.24) is 0 Å². The molecule has 0 heterocycles. The van der Waals surface area contributed by atoms with Crippen LogP contribution < -0.4 is 0 Å². The summed E-state index contributed by atoms with van der Waals surface area (Å²) in [6, 6.07) is 8.11. The Bertz CT molecular complexity index is 376. The van der Waals surface area contributed by atoms with Gasteiger partial charge in [-0.3, -0.25) is 4.79 Å². The third-order valence-electron chi connectivity index (χ3n) is 2.59. The van der Waals surface area contributed by atoms with Crippen molar-refractivity contribution in [1.29, 1.82) is 0 Å². The summed E-state index contributed by atoms with van der Waals surface area (Å²) in [5.74, 6) is 0.285. The number of rotatable bonds is 2. The van der Waals surface area contributed by atoms with E-state index in [4.69, 9.17) is 0 Å². The summed E-state index contributed by atoms with van der Waals surface area (Å²) in [6.07, 6.45) is 0.891. The summed E-state index contributed by atoms with van der Waals surface area (Å²) in [4.78, 5) is 11.6. The Morgan fingerprint density at radius 3 is 2.77 bits per heavy atom. The van der Waals surface area contributed by atoms with Crippen LogP contribution in [0.15, 0.2) is 36.4 Å². The van der Waals surface area contributed by atoms with Crippen molar-refractivity contribution in [2.75, 3.05) is 0 Å². The van der Waals surface area contributed by atoms with Crippen molar-refractivity contribution in [2.45, 2.75) is 19.3 Å². The normalized spacial score (nSPS) is 18.7. The molecule has 0 radical (unpaired) electrons. The molecule has 0 saturated heterocycles. The molecule has 0 bridgehead atoms. The zero-order chi connectivity index (χ0) is 9.42. The van der Waals surface area contributed by atoms with Gasteiger partial charge in [0.05, 0.1) is 5.92 Å². The Morgan fingerprint density at radius 2 is 2.15 bits per heavy atom. The molecule has 2 rings (SSSR count). The van der Waals surface area contributed by atoms with Crippen LogP contribution in [-0.4, -0.2) is 5.78 Å². The van der Waals surface area contributed by atoms with Crippen molar-refractivity contribution >= 4 is 5.78 Å². The van der Waals surface area contributed by atoms with Gasteiger partial charge in [-0.15, -0.1) is 0 Å². The topological polar surface area (TPSA) is 17.1 Å². The Hall–Kier alpha value is -1.37. The highest BCUT2D eigenvalue weighted by Gasteiger charge is 2.31. The highest BCUT2D eigenvalue weighted by atomic mass is 16.1. The summed E-state index contributed by atoms with van der Waals surface area (Å²) in [7, 11) is 0. The highest BCUT2D eigenvalue weighted by molar-refractivity contribution is 6.01. The molecule has 1 unspecified atom stereocenters. The molecule has 0 saturated carbocycles. The maximum atomic E-state index is 11.6. The molecule has 1 nitrogen and oxygen atoms in total. The molecule has 1 aromatic carbocycles. The number of fused-ring (bicyclic) bond motifs is 1. The predicted octanol–water partition coefficient (Wildman–Crippen LogP) is 2.47. The van der Waals surface area contributed by atoms with Crippen LogP contribution in [0.1, 0.15) is 24.0 Å². The first-order valence-corrected chi connectivity index (χ1v) is 4.47. The second-order valence-corrected chi connectivity index (χ2v) is 3.60. The summed E-state index contributed by atoms with van der Waals surface area (Å²) in [5, 5.41) is 0. The Morgan fingerprint density at radius 1 is 1.46 bits per heavy atom. The minimum atomic E-state index is 0.0914. The number of hydrogen-bond donors (Lipinski definition) is 0. The number of hydrogen-bond acceptors (Lipinski definition) is 1. The molecular weight excluding hydrogens is 160 g/mol. The molecule has 1 aliphatic carbocycles. The van der Waals surface area contributed by atoms with E-state index in [1.165, 1.54) is 11.1 Å². The summed E-state index contributed by atoms with van der Waals surface area (Å²) in [5.41, 5.74) is 3.16. The molecular formula is C12H12O. The molecule has 1 atom stereocenters. The third kappa shape index (κ3) is 1.21. The van der Waals surface area contributed by atoms with Gasteiger partial charge < -0.3 is 0 Å². The van der Waals surface area contributed by atoms with Gasteiger partial charge in [0.15, 0.2) is 5.78 Å². The van der Waals surface area contributed by atoms with Crippen molar-refractivity contribution in [2.24, 2.45) is 0 Å². The molecule has 13 heavy (non-hydrogen) atoms. The second kappa shape index (κ2) is 2.84. The fourth-order valence-electron chi connectivity index (χ4n) is 1.79. The van der Waals surface area contributed by atoms with E-state index in [0.717, 1.165) is 6.42 Å². The SMILES string of the molecule is C=C(C)C(=O)C1Cc2ccccc21. The Balaban J connectivity index is 2.27. The van der Waals surface area contributed by atoms with Crippen LogP contribution >= 0.6 is 0 Å². The Kier molecular flexibility index (Phi) is 1.80. The fourth-order valence-corrected chi connectivity index (χ4v) is 1.79.